The Morgan fingerprint density at radius 1 is 1.73 bits per heavy atom. The lowest BCUT2D eigenvalue weighted by molar-refractivity contribution is 0.0927. The normalized spacial score (nSPS) is 17.4. The predicted molar refractivity (Wildman–Crippen MR) is 55.1 cm³/mol. The Hall–Kier alpha value is -1.59. The molecule has 82 valence electrons. The number of hydrogen-bond acceptors (Lipinski definition) is 4. The van der Waals surface area contributed by atoms with Gasteiger partial charge >= 0.3 is 0 Å². The van der Waals surface area contributed by atoms with E-state index >= 15 is 0 Å². The molecule has 1 amide bonds. The van der Waals surface area contributed by atoms with E-state index in [9.17, 15) is 4.79 Å². The van der Waals surface area contributed by atoms with Crippen LogP contribution in [0.5, 0.6) is 0 Å². The Morgan fingerprint density at radius 2 is 2.47 bits per heavy atom. The molecule has 6 heteroatoms. The molecule has 0 radical (unpaired) electrons. The molecule has 0 saturated heterocycles. The molecule has 1 saturated carbocycles. The summed E-state index contributed by atoms with van der Waals surface area (Å²) in [5.74, 6) is 0.817. The number of aromatic amines is 1. The first-order chi connectivity index (χ1) is 7.15. The summed E-state index contributed by atoms with van der Waals surface area (Å²) in [6, 6.07) is 0.177. The second-order valence-corrected chi connectivity index (χ2v) is 4.10. The Balaban J connectivity index is 1.85. The zero-order chi connectivity index (χ0) is 10.8. The summed E-state index contributed by atoms with van der Waals surface area (Å²) in [6.45, 7) is 2.00. The molecule has 4 N–H and O–H groups in total. The van der Waals surface area contributed by atoms with Gasteiger partial charge in [-0.25, -0.2) is 0 Å². The van der Waals surface area contributed by atoms with E-state index < -0.39 is 0 Å². The van der Waals surface area contributed by atoms with Crippen molar-refractivity contribution in [2.75, 3.05) is 5.73 Å². The molecular weight excluding hydrogens is 194 g/mol. The molecule has 0 aromatic carbocycles. The highest BCUT2D eigenvalue weighted by atomic mass is 16.2. The second kappa shape index (κ2) is 3.88. The van der Waals surface area contributed by atoms with Gasteiger partial charge in [-0.15, -0.1) is 5.10 Å². The predicted octanol–water partition coefficient (Wildman–Crippen LogP) is 0.305. The van der Waals surface area contributed by atoms with E-state index in [1.54, 1.807) is 0 Å². The van der Waals surface area contributed by atoms with Crippen molar-refractivity contribution in [3.05, 3.63) is 5.82 Å². The van der Waals surface area contributed by atoms with Crippen molar-refractivity contribution >= 4 is 11.9 Å². The molecule has 0 bridgehead atoms. The van der Waals surface area contributed by atoms with Gasteiger partial charge in [0.05, 0.1) is 0 Å². The first kappa shape index (κ1) is 9.95. The van der Waals surface area contributed by atoms with Gasteiger partial charge in [-0.3, -0.25) is 9.89 Å². The molecule has 1 aliphatic rings. The minimum atomic E-state index is -0.243. The highest BCUT2D eigenvalue weighted by Crippen LogP contribution is 2.33. The minimum Gasteiger partial charge on any atom is -0.366 e. The van der Waals surface area contributed by atoms with Crippen molar-refractivity contribution in [1.82, 2.24) is 20.5 Å². The monoisotopic (exact) mass is 209 g/mol. The lowest BCUT2D eigenvalue weighted by Crippen LogP contribution is -2.33. The lowest BCUT2D eigenvalue weighted by atomic mass is 10.1. The molecule has 1 aromatic rings. The van der Waals surface area contributed by atoms with E-state index in [1.165, 1.54) is 12.8 Å². The molecule has 15 heavy (non-hydrogen) atoms. The number of H-pyrrole nitrogens is 1. The highest BCUT2D eigenvalue weighted by molar-refractivity contribution is 5.90. The van der Waals surface area contributed by atoms with E-state index in [0.29, 0.717) is 0 Å². The maximum atomic E-state index is 11.6. The number of nitrogens with one attached hydrogen (secondary N) is 2. The largest absolute Gasteiger partial charge is 0.366 e. The highest BCUT2D eigenvalue weighted by Gasteiger charge is 2.24. The fourth-order valence-electron chi connectivity index (χ4n) is 1.58. The van der Waals surface area contributed by atoms with Crippen LogP contribution < -0.4 is 11.1 Å². The fraction of sp³-hybridized carbons (Fsp3) is 0.667. The van der Waals surface area contributed by atoms with Crippen LogP contribution in [-0.4, -0.2) is 27.1 Å². The standard InChI is InChI=1S/C9H15N5O/c1-5(4-6-2-3-6)11-8(15)7-12-9(10)14-13-7/h5-6H,2-4H2,1H3,(H,11,15)(H3,10,12,13,14). The molecule has 0 aliphatic heterocycles. The van der Waals surface area contributed by atoms with Gasteiger partial charge in [-0.2, -0.15) is 4.98 Å². The summed E-state index contributed by atoms with van der Waals surface area (Å²) in [6.07, 6.45) is 3.61. The number of rotatable bonds is 4. The summed E-state index contributed by atoms with van der Waals surface area (Å²) in [5.41, 5.74) is 5.30. The first-order valence-corrected chi connectivity index (χ1v) is 5.14. The van der Waals surface area contributed by atoms with Gasteiger partial charge in [0.1, 0.15) is 0 Å². The Morgan fingerprint density at radius 3 is 3.00 bits per heavy atom. The van der Waals surface area contributed by atoms with Crippen molar-refractivity contribution < 1.29 is 4.79 Å². The van der Waals surface area contributed by atoms with Gasteiger partial charge in [0.15, 0.2) is 0 Å². The summed E-state index contributed by atoms with van der Waals surface area (Å²) in [7, 11) is 0. The quantitative estimate of drug-likeness (QED) is 0.664. The number of carbonyl (C=O) groups excluding carboxylic acids is 1. The molecule has 6 nitrogen and oxygen atoms in total. The zero-order valence-electron chi connectivity index (χ0n) is 8.66. The number of carbonyl (C=O) groups is 1. The maximum Gasteiger partial charge on any atom is 0.288 e. The Kier molecular flexibility index (Phi) is 2.57. The van der Waals surface area contributed by atoms with Gasteiger partial charge in [-0.1, -0.05) is 12.8 Å². The third kappa shape index (κ3) is 2.68. The van der Waals surface area contributed by atoms with Crippen LogP contribution in [0.25, 0.3) is 0 Å². The van der Waals surface area contributed by atoms with E-state index in [-0.39, 0.29) is 23.7 Å². The number of nitrogens with two attached hydrogens (primary N) is 1. The summed E-state index contributed by atoms with van der Waals surface area (Å²) >= 11 is 0. The molecule has 1 unspecified atom stereocenters. The van der Waals surface area contributed by atoms with E-state index in [4.69, 9.17) is 5.73 Å². The van der Waals surface area contributed by atoms with Crippen LogP contribution in [0.4, 0.5) is 5.95 Å². The van der Waals surface area contributed by atoms with Gasteiger partial charge < -0.3 is 11.1 Å². The third-order valence-electron chi connectivity index (χ3n) is 2.48. The molecular formula is C9H15N5O. The van der Waals surface area contributed by atoms with Crippen LogP contribution >= 0.6 is 0 Å². The average Bonchev–Trinajstić information content (AvgIpc) is 2.85. The number of nitrogen functional groups attached to an aromatic ring is 1. The van der Waals surface area contributed by atoms with Gasteiger partial charge in [0.2, 0.25) is 11.8 Å². The van der Waals surface area contributed by atoms with Crippen LogP contribution in [0.15, 0.2) is 0 Å². The van der Waals surface area contributed by atoms with Gasteiger partial charge in [0.25, 0.3) is 5.91 Å². The smallest absolute Gasteiger partial charge is 0.288 e. The molecule has 1 heterocycles. The molecule has 1 fully saturated rings. The Bertz CT molecular complexity index is 357. The number of anilines is 1. The van der Waals surface area contributed by atoms with Crippen molar-refractivity contribution in [1.29, 1.82) is 0 Å². The summed E-state index contributed by atoms with van der Waals surface area (Å²) in [5, 5.41) is 8.93. The summed E-state index contributed by atoms with van der Waals surface area (Å²) in [4.78, 5) is 15.3. The fourth-order valence-corrected chi connectivity index (χ4v) is 1.58. The van der Waals surface area contributed by atoms with Crippen molar-refractivity contribution in [2.45, 2.75) is 32.2 Å². The van der Waals surface area contributed by atoms with E-state index in [1.807, 2.05) is 6.92 Å². The molecule has 1 aromatic heterocycles. The van der Waals surface area contributed by atoms with Crippen molar-refractivity contribution in [2.24, 2.45) is 5.92 Å². The molecule has 2 rings (SSSR count). The minimum absolute atomic E-state index is 0.0926. The van der Waals surface area contributed by atoms with Crippen LogP contribution in [0, 0.1) is 5.92 Å². The first-order valence-electron chi connectivity index (χ1n) is 5.14. The number of nitrogens with zero attached hydrogens (tertiary/aromatic N) is 2. The molecule has 1 atom stereocenters. The lowest BCUT2D eigenvalue weighted by Gasteiger charge is -2.11. The number of aromatic nitrogens is 3. The third-order valence-corrected chi connectivity index (χ3v) is 2.48. The van der Waals surface area contributed by atoms with E-state index in [0.717, 1.165) is 12.3 Å². The maximum absolute atomic E-state index is 11.6. The number of amides is 1. The van der Waals surface area contributed by atoms with E-state index in [2.05, 4.69) is 20.5 Å². The molecule has 0 spiro atoms. The van der Waals surface area contributed by atoms with Crippen LogP contribution in [0.2, 0.25) is 0 Å². The summed E-state index contributed by atoms with van der Waals surface area (Å²) < 4.78 is 0. The van der Waals surface area contributed by atoms with Gasteiger partial charge in [-0.05, 0) is 19.3 Å². The van der Waals surface area contributed by atoms with Crippen LogP contribution in [0.1, 0.15) is 36.8 Å². The zero-order valence-corrected chi connectivity index (χ0v) is 8.66. The average molecular weight is 209 g/mol. The Labute approximate surface area is 87.6 Å². The molecule has 1 aliphatic carbocycles. The topological polar surface area (TPSA) is 96.7 Å². The van der Waals surface area contributed by atoms with Crippen LogP contribution in [-0.2, 0) is 0 Å². The SMILES string of the molecule is CC(CC1CC1)NC(=O)c1nc(N)n[nH]1. The van der Waals surface area contributed by atoms with Crippen LogP contribution in [0.3, 0.4) is 0 Å². The number of hydrogen-bond donors (Lipinski definition) is 3. The van der Waals surface area contributed by atoms with Crippen molar-refractivity contribution in [3.63, 3.8) is 0 Å². The van der Waals surface area contributed by atoms with Crippen molar-refractivity contribution in [3.8, 4) is 0 Å². The van der Waals surface area contributed by atoms with Gasteiger partial charge in [0, 0.05) is 6.04 Å². The second-order valence-electron chi connectivity index (χ2n) is 4.10.